The second-order valence-corrected chi connectivity index (χ2v) is 8.03. The van der Waals surface area contributed by atoms with Gasteiger partial charge in [0, 0.05) is 12.6 Å². The van der Waals surface area contributed by atoms with Gasteiger partial charge in [-0.1, -0.05) is 12.8 Å². The second-order valence-electron chi connectivity index (χ2n) is 5.73. The van der Waals surface area contributed by atoms with Crippen LogP contribution in [0.15, 0.2) is 0 Å². The minimum atomic E-state index is -2.80. The van der Waals surface area contributed by atoms with Gasteiger partial charge in [-0.05, 0) is 25.7 Å². The SMILES string of the molecule is O=S1(=O)CCC(NCC(O)COC2CCCC2)CC1. The van der Waals surface area contributed by atoms with Gasteiger partial charge in [0.1, 0.15) is 9.84 Å². The number of hydrogen-bond donors (Lipinski definition) is 2. The fourth-order valence-electron chi connectivity index (χ4n) is 2.76. The molecule has 1 aliphatic heterocycles. The lowest BCUT2D eigenvalue weighted by atomic mass is 10.1. The summed E-state index contributed by atoms with van der Waals surface area (Å²) < 4.78 is 28.2. The van der Waals surface area contributed by atoms with Crippen LogP contribution in [0.2, 0.25) is 0 Å². The maximum Gasteiger partial charge on any atom is 0.150 e. The highest BCUT2D eigenvalue weighted by Crippen LogP contribution is 2.20. The van der Waals surface area contributed by atoms with E-state index in [0.717, 1.165) is 12.8 Å². The molecule has 1 atom stereocenters. The molecule has 2 fully saturated rings. The van der Waals surface area contributed by atoms with Gasteiger partial charge in [-0.15, -0.1) is 0 Å². The molecule has 0 aromatic rings. The first-order valence-electron chi connectivity index (χ1n) is 7.28. The highest BCUT2D eigenvalue weighted by molar-refractivity contribution is 7.91. The number of ether oxygens (including phenoxy) is 1. The molecule has 19 heavy (non-hydrogen) atoms. The van der Waals surface area contributed by atoms with E-state index in [1.54, 1.807) is 0 Å². The van der Waals surface area contributed by atoms with Gasteiger partial charge in [-0.3, -0.25) is 0 Å². The van der Waals surface area contributed by atoms with Crippen molar-refractivity contribution in [1.29, 1.82) is 0 Å². The van der Waals surface area contributed by atoms with E-state index in [1.807, 2.05) is 0 Å². The van der Waals surface area contributed by atoms with Crippen LogP contribution in [-0.4, -0.2) is 56.4 Å². The predicted molar refractivity (Wildman–Crippen MR) is 73.9 cm³/mol. The van der Waals surface area contributed by atoms with Gasteiger partial charge < -0.3 is 15.2 Å². The Morgan fingerprint density at radius 1 is 1.16 bits per heavy atom. The number of rotatable bonds is 6. The lowest BCUT2D eigenvalue weighted by Crippen LogP contribution is -2.42. The smallest absolute Gasteiger partial charge is 0.150 e. The van der Waals surface area contributed by atoms with Gasteiger partial charge >= 0.3 is 0 Å². The molecule has 2 N–H and O–H groups in total. The zero-order valence-corrected chi connectivity index (χ0v) is 12.2. The van der Waals surface area contributed by atoms with E-state index < -0.39 is 15.9 Å². The van der Waals surface area contributed by atoms with Crippen molar-refractivity contribution in [2.75, 3.05) is 24.7 Å². The Hall–Kier alpha value is -0.170. The van der Waals surface area contributed by atoms with Gasteiger partial charge in [-0.25, -0.2) is 8.42 Å². The van der Waals surface area contributed by atoms with Crippen LogP contribution in [0, 0.1) is 0 Å². The summed E-state index contributed by atoms with van der Waals surface area (Å²) in [4.78, 5) is 0. The molecule has 112 valence electrons. The van der Waals surface area contributed by atoms with E-state index in [2.05, 4.69) is 5.32 Å². The summed E-state index contributed by atoms with van der Waals surface area (Å²) in [5, 5.41) is 13.1. The molecule has 0 amide bonds. The summed E-state index contributed by atoms with van der Waals surface area (Å²) in [5.41, 5.74) is 0. The van der Waals surface area contributed by atoms with Crippen LogP contribution < -0.4 is 5.32 Å². The molecule has 0 aromatic heterocycles. The van der Waals surface area contributed by atoms with Crippen LogP contribution >= 0.6 is 0 Å². The van der Waals surface area contributed by atoms with Crippen LogP contribution in [0.25, 0.3) is 0 Å². The minimum absolute atomic E-state index is 0.213. The summed E-state index contributed by atoms with van der Waals surface area (Å²) in [6.45, 7) is 0.861. The first kappa shape index (κ1) is 15.2. The first-order chi connectivity index (χ1) is 9.05. The first-order valence-corrected chi connectivity index (χ1v) is 9.11. The molecule has 2 rings (SSSR count). The van der Waals surface area contributed by atoms with Crippen LogP contribution in [-0.2, 0) is 14.6 Å². The molecular formula is C13H25NO4S. The summed E-state index contributed by atoms with van der Waals surface area (Å²) in [5.74, 6) is 0.526. The van der Waals surface area contributed by atoms with Crippen LogP contribution in [0.1, 0.15) is 38.5 Å². The average Bonchev–Trinajstić information content (AvgIpc) is 2.88. The van der Waals surface area contributed by atoms with E-state index in [4.69, 9.17) is 4.74 Å². The van der Waals surface area contributed by atoms with E-state index in [-0.39, 0.29) is 17.5 Å². The Labute approximate surface area is 115 Å². The van der Waals surface area contributed by atoms with Gasteiger partial charge in [0.25, 0.3) is 0 Å². The summed E-state index contributed by atoms with van der Waals surface area (Å²) in [7, 11) is -2.80. The summed E-state index contributed by atoms with van der Waals surface area (Å²) in [6, 6.07) is 0.213. The van der Waals surface area contributed by atoms with Crippen molar-refractivity contribution in [3.05, 3.63) is 0 Å². The van der Waals surface area contributed by atoms with Crippen LogP contribution in [0.4, 0.5) is 0 Å². The van der Waals surface area contributed by atoms with Gasteiger partial charge in [0.05, 0.1) is 30.3 Å². The van der Waals surface area contributed by atoms with E-state index in [1.165, 1.54) is 12.8 Å². The Kier molecular flexibility index (Phi) is 5.62. The number of aliphatic hydroxyl groups is 1. The van der Waals surface area contributed by atoms with Gasteiger partial charge in [0.2, 0.25) is 0 Å². The third-order valence-corrected chi connectivity index (χ3v) is 5.74. The van der Waals surface area contributed by atoms with Crippen molar-refractivity contribution >= 4 is 9.84 Å². The lowest BCUT2D eigenvalue weighted by Gasteiger charge is -2.24. The van der Waals surface area contributed by atoms with E-state index >= 15 is 0 Å². The average molecular weight is 291 g/mol. The maximum absolute atomic E-state index is 11.3. The molecule has 1 saturated heterocycles. The molecule has 1 heterocycles. The second kappa shape index (κ2) is 7.02. The molecule has 0 spiro atoms. The fraction of sp³-hybridized carbons (Fsp3) is 1.00. The van der Waals surface area contributed by atoms with Crippen molar-refractivity contribution in [2.45, 2.75) is 56.8 Å². The molecule has 5 nitrogen and oxygen atoms in total. The standard InChI is InChI=1S/C13H25NO4S/c15-12(10-18-13-3-1-2-4-13)9-14-11-5-7-19(16,17)8-6-11/h11-15H,1-10H2. The van der Waals surface area contributed by atoms with E-state index in [0.29, 0.717) is 32.1 Å². The quantitative estimate of drug-likeness (QED) is 0.744. The molecule has 0 bridgehead atoms. The zero-order valence-electron chi connectivity index (χ0n) is 11.4. The molecule has 1 saturated carbocycles. The molecule has 6 heteroatoms. The molecular weight excluding hydrogens is 266 g/mol. The van der Waals surface area contributed by atoms with Crippen molar-refractivity contribution in [1.82, 2.24) is 5.32 Å². The Balaban J connectivity index is 1.57. The third-order valence-electron chi connectivity index (χ3n) is 4.02. The van der Waals surface area contributed by atoms with Crippen LogP contribution in [0.3, 0.4) is 0 Å². The number of sulfone groups is 1. The summed E-state index contributed by atoms with van der Waals surface area (Å²) >= 11 is 0. The highest BCUT2D eigenvalue weighted by Gasteiger charge is 2.24. The van der Waals surface area contributed by atoms with Crippen molar-refractivity contribution in [3.63, 3.8) is 0 Å². The van der Waals surface area contributed by atoms with Gasteiger partial charge in [-0.2, -0.15) is 0 Å². The van der Waals surface area contributed by atoms with Crippen molar-refractivity contribution in [3.8, 4) is 0 Å². The largest absolute Gasteiger partial charge is 0.389 e. The van der Waals surface area contributed by atoms with Gasteiger partial charge in [0.15, 0.2) is 0 Å². The lowest BCUT2D eigenvalue weighted by molar-refractivity contribution is -0.00631. The number of hydrogen-bond acceptors (Lipinski definition) is 5. The Morgan fingerprint density at radius 3 is 2.42 bits per heavy atom. The van der Waals surface area contributed by atoms with Crippen molar-refractivity contribution < 1.29 is 18.3 Å². The molecule has 1 unspecified atom stereocenters. The molecule has 2 aliphatic rings. The summed E-state index contributed by atoms with van der Waals surface area (Å²) in [6.07, 6.45) is 5.82. The minimum Gasteiger partial charge on any atom is -0.389 e. The zero-order chi connectivity index (χ0) is 13.7. The fourth-order valence-corrected chi connectivity index (χ4v) is 4.25. The molecule has 0 radical (unpaired) electrons. The third kappa shape index (κ3) is 5.38. The topological polar surface area (TPSA) is 75.6 Å². The molecule has 1 aliphatic carbocycles. The monoisotopic (exact) mass is 291 g/mol. The molecule has 0 aromatic carbocycles. The normalized spacial score (nSPS) is 26.6. The number of nitrogens with one attached hydrogen (secondary N) is 1. The maximum atomic E-state index is 11.3. The number of aliphatic hydroxyl groups excluding tert-OH is 1. The van der Waals surface area contributed by atoms with Crippen molar-refractivity contribution in [2.24, 2.45) is 0 Å². The Bertz CT molecular complexity index is 351. The Morgan fingerprint density at radius 2 is 1.79 bits per heavy atom. The predicted octanol–water partition coefficient (Wildman–Crippen LogP) is 0.473. The highest BCUT2D eigenvalue weighted by atomic mass is 32.2. The van der Waals surface area contributed by atoms with Crippen LogP contribution in [0.5, 0.6) is 0 Å². The van der Waals surface area contributed by atoms with E-state index in [9.17, 15) is 13.5 Å².